The van der Waals surface area contributed by atoms with Crippen LogP contribution < -0.4 is 5.32 Å². The lowest BCUT2D eigenvalue weighted by Crippen LogP contribution is -2.20. The molecule has 0 spiro atoms. The standard InChI is InChI=1S/C17H26N2O/c1-4-10-18-12-14-13-19(11-9-17(2,3)20)16-8-6-5-7-15(14)16/h5-8,13,18,20H,4,9-12H2,1-3H3. The average molecular weight is 274 g/mol. The Kier molecular flexibility index (Phi) is 4.84. The van der Waals surface area contributed by atoms with Crippen LogP contribution in [0.4, 0.5) is 0 Å². The first-order valence-electron chi connectivity index (χ1n) is 7.51. The summed E-state index contributed by atoms with van der Waals surface area (Å²) in [5, 5.41) is 14.7. The number of para-hydroxylation sites is 1. The van der Waals surface area contributed by atoms with E-state index in [-0.39, 0.29) is 0 Å². The van der Waals surface area contributed by atoms with Crippen LogP contribution in [0.2, 0.25) is 0 Å². The van der Waals surface area contributed by atoms with Crippen molar-refractivity contribution in [3.05, 3.63) is 36.0 Å². The number of aromatic nitrogens is 1. The second-order valence-corrected chi connectivity index (χ2v) is 6.10. The Labute approximate surface area is 121 Å². The van der Waals surface area contributed by atoms with Crippen molar-refractivity contribution in [1.82, 2.24) is 9.88 Å². The average Bonchev–Trinajstić information content (AvgIpc) is 2.75. The number of benzene rings is 1. The lowest BCUT2D eigenvalue weighted by Gasteiger charge is -2.17. The third kappa shape index (κ3) is 3.84. The molecule has 0 atom stereocenters. The molecule has 2 N–H and O–H groups in total. The predicted octanol–water partition coefficient (Wildman–Crippen LogP) is 3.30. The van der Waals surface area contributed by atoms with Gasteiger partial charge in [-0.25, -0.2) is 0 Å². The zero-order valence-electron chi connectivity index (χ0n) is 12.8. The van der Waals surface area contributed by atoms with Gasteiger partial charge in [-0.3, -0.25) is 0 Å². The molecule has 1 aromatic carbocycles. The van der Waals surface area contributed by atoms with Gasteiger partial charge in [-0.1, -0.05) is 25.1 Å². The summed E-state index contributed by atoms with van der Waals surface area (Å²) in [6.45, 7) is 8.70. The maximum absolute atomic E-state index is 9.91. The van der Waals surface area contributed by atoms with E-state index in [1.54, 1.807) is 0 Å². The van der Waals surface area contributed by atoms with Crippen LogP contribution in [0.25, 0.3) is 10.9 Å². The molecule has 0 amide bonds. The summed E-state index contributed by atoms with van der Waals surface area (Å²) in [6, 6.07) is 8.50. The van der Waals surface area contributed by atoms with Gasteiger partial charge in [0.25, 0.3) is 0 Å². The smallest absolute Gasteiger partial charge is 0.0608 e. The minimum Gasteiger partial charge on any atom is -0.390 e. The first-order chi connectivity index (χ1) is 9.51. The molecule has 0 unspecified atom stereocenters. The Morgan fingerprint density at radius 2 is 2.00 bits per heavy atom. The van der Waals surface area contributed by atoms with Gasteiger partial charge in [-0.15, -0.1) is 0 Å². The van der Waals surface area contributed by atoms with Crippen LogP contribution in [-0.2, 0) is 13.1 Å². The van der Waals surface area contributed by atoms with Crippen molar-refractivity contribution < 1.29 is 5.11 Å². The molecular weight excluding hydrogens is 248 g/mol. The van der Waals surface area contributed by atoms with Crippen molar-refractivity contribution in [3.8, 4) is 0 Å². The molecule has 0 radical (unpaired) electrons. The minimum absolute atomic E-state index is 0.619. The van der Waals surface area contributed by atoms with E-state index in [1.807, 2.05) is 13.8 Å². The van der Waals surface area contributed by atoms with Crippen molar-refractivity contribution in [3.63, 3.8) is 0 Å². The second-order valence-electron chi connectivity index (χ2n) is 6.10. The Morgan fingerprint density at radius 3 is 2.70 bits per heavy atom. The summed E-state index contributed by atoms with van der Waals surface area (Å²) in [6.07, 6.45) is 4.13. The zero-order chi connectivity index (χ0) is 14.6. The molecule has 0 saturated heterocycles. The topological polar surface area (TPSA) is 37.2 Å². The SMILES string of the molecule is CCCNCc1cn(CCC(C)(C)O)c2ccccc12. The van der Waals surface area contributed by atoms with Gasteiger partial charge < -0.3 is 15.0 Å². The van der Waals surface area contributed by atoms with Gasteiger partial charge >= 0.3 is 0 Å². The molecule has 0 fully saturated rings. The van der Waals surface area contributed by atoms with Gasteiger partial charge in [0, 0.05) is 30.2 Å². The number of nitrogens with zero attached hydrogens (tertiary/aromatic N) is 1. The number of aryl methyl sites for hydroxylation is 1. The van der Waals surface area contributed by atoms with Crippen molar-refractivity contribution in [2.75, 3.05) is 6.54 Å². The fourth-order valence-corrected chi connectivity index (χ4v) is 2.44. The summed E-state index contributed by atoms with van der Waals surface area (Å²) in [4.78, 5) is 0. The Morgan fingerprint density at radius 1 is 1.25 bits per heavy atom. The largest absolute Gasteiger partial charge is 0.390 e. The van der Waals surface area contributed by atoms with Gasteiger partial charge in [0.05, 0.1) is 5.60 Å². The molecule has 0 saturated carbocycles. The maximum Gasteiger partial charge on any atom is 0.0608 e. The van der Waals surface area contributed by atoms with E-state index in [2.05, 4.69) is 47.3 Å². The number of aliphatic hydroxyl groups is 1. The molecule has 20 heavy (non-hydrogen) atoms. The van der Waals surface area contributed by atoms with Gasteiger partial charge in [-0.2, -0.15) is 0 Å². The molecule has 0 aliphatic heterocycles. The van der Waals surface area contributed by atoms with E-state index in [4.69, 9.17) is 0 Å². The van der Waals surface area contributed by atoms with Crippen LogP contribution in [0.1, 0.15) is 39.2 Å². The van der Waals surface area contributed by atoms with Gasteiger partial charge in [0.2, 0.25) is 0 Å². The normalized spacial score (nSPS) is 12.2. The summed E-state index contributed by atoms with van der Waals surface area (Å²) < 4.78 is 2.26. The molecule has 1 heterocycles. The molecule has 0 bridgehead atoms. The lowest BCUT2D eigenvalue weighted by atomic mass is 10.1. The van der Waals surface area contributed by atoms with Crippen LogP contribution in [0, 0.1) is 0 Å². The van der Waals surface area contributed by atoms with Crippen LogP contribution >= 0.6 is 0 Å². The summed E-state index contributed by atoms with van der Waals surface area (Å²) >= 11 is 0. The van der Waals surface area contributed by atoms with E-state index in [0.717, 1.165) is 32.5 Å². The summed E-state index contributed by atoms with van der Waals surface area (Å²) in [7, 11) is 0. The molecule has 3 nitrogen and oxygen atoms in total. The van der Waals surface area contributed by atoms with Crippen molar-refractivity contribution in [2.45, 2.75) is 52.3 Å². The highest BCUT2D eigenvalue weighted by molar-refractivity contribution is 5.83. The molecule has 110 valence electrons. The summed E-state index contributed by atoms with van der Waals surface area (Å²) in [5.74, 6) is 0. The minimum atomic E-state index is -0.619. The highest BCUT2D eigenvalue weighted by Crippen LogP contribution is 2.22. The summed E-state index contributed by atoms with van der Waals surface area (Å²) in [5.41, 5.74) is 1.97. The van der Waals surface area contributed by atoms with Gasteiger partial charge in [-0.05, 0) is 44.9 Å². The van der Waals surface area contributed by atoms with E-state index >= 15 is 0 Å². The Bertz CT molecular complexity index is 552. The van der Waals surface area contributed by atoms with Crippen LogP contribution in [0.5, 0.6) is 0 Å². The van der Waals surface area contributed by atoms with E-state index in [0.29, 0.717) is 0 Å². The molecule has 0 aliphatic carbocycles. The molecule has 2 aromatic rings. The molecule has 1 aromatic heterocycles. The number of fused-ring (bicyclic) bond motifs is 1. The van der Waals surface area contributed by atoms with E-state index in [1.165, 1.54) is 16.5 Å². The highest BCUT2D eigenvalue weighted by atomic mass is 16.3. The monoisotopic (exact) mass is 274 g/mol. The fourth-order valence-electron chi connectivity index (χ4n) is 2.44. The molecular formula is C17H26N2O. The Hall–Kier alpha value is -1.32. The Balaban J connectivity index is 2.21. The van der Waals surface area contributed by atoms with Crippen LogP contribution in [-0.4, -0.2) is 21.8 Å². The third-order valence-corrected chi connectivity index (χ3v) is 3.58. The number of rotatable bonds is 7. The van der Waals surface area contributed by atoms with Crippen molar-refractivity contribution in [2.24, 2.45) is 0 Å². The van der Waals surface area contributed by atoms with Crippen LogP contribution in [0.3, 0.4) is 0 Å². The van der Waals surface area contributed by atoms with Gasteiger partial charge in [0.1, 0.15) is 0 Å². The number of hydrogen-bond acceptors (Lipinski definition) is 2. The van der Waals surface area contributed by atoms with Gasteiger partial charge in [0.15, 0.2) is 0 Å². The van der Waals surface area contributed by atoms with E-state index < -0.39 is 5.60 Å². The molecule has 3 heteroatoms. The molecule has 0 aliphatic rings. The van der Waals surface area contributed by atoms with Crippen molar-refractivity contribution >= 4 is 10.9 Å². The fraction of sp³-hybridized carbons (Fsp3) is 0.529. The third-order valence-electron chi connectivity index (χ3n) is 3.58. The molecule has 2 rings (SSSR count). The second kappa shape index (κ2) is 6.42. The quantitative estimate of drug-likeness (QED) is 0.760. The van der Waals surface area contributed by atoms with E-state index in [9.17, 15) is 5.11 Å². The highest BCUT2D eigenvalue weighted by Gasteiger charge is 2.14. The first-order valence-corrected chi connectivity index (χ1v) is 7.51. The zero-order valence-corrected chi connectivity index (χ0v) is 12.8. The first kappa shape index (κ1) is 15.1. The lowest BCUT2D eigenvalue weighted by molar-refractivity contribution is 0.0666. The number of hydrogen-bond donors (Lipinski definition) is 2. The van der Waals surface area contributed by atoms with Crippen molar-refractivity contribution in [1.29, 1.82) is 0 Å². The van der Waals surface area contributed by atoms with Crippen LogP contribution in [0.15, 0.2) is 30.5 Å². The predicted molar refractivity (Wildman–Crippen MR) is 84.9 cm³/mol. The maximum atomic E-state index is 9.91. The number of nitrogens with one attached hydrogen (secondary N) is 1.